The summed E-state index contributed by atoms with van der Waals surface area (Å²) in [6.45, 7) is 11.4. The monoisotopic (exact) mass is 440 g/mol. The molecule has 160 valence electrons. The van der Waals surface area contributed by atoms with Gasteiger partial charge in [-0.05, 0) is 46.8 Å². The number of nitrogens with one attached hydrogen (secondary N) is 1. The van der Waals surface area contributed by atoms with Gasteiger partial charge in [-0.1, -0.05) is 0 Å². The van der Waals surface area contributed by atoms with E-state index >= 15 is 0 Å². The number of hydrogen-bond donors (Lipinski definition) is 1. The number of carbonyl (C=O) groups excluding carboxylic acids is 1. The minimum absolute atomic E-state index is 0.0307. The highest BCUT2D eigenvalue weighted by Crippen LogP contribution is 2.46. The van der Waals surface area contributed by atoms with E-state index in [1.54, 1.807) is 37.2 Å². The fraction of sp³-hybridized carbons (Fsp3) is 0.500. The third kappa shape index (κ3) is 7.80. The number of amides is 1. The minimum Gasteiger partial charge on any atom is -0.491 e. The molecule has 0 spiro atoms. The Morgan fingerprint density at radius 1 is 1.14 bits per heavy atom. The van der Waals surface area contributed by atoms with Gasteiger partial charge in [-0.2, -0.15) is 0 Å². The van der Waals surface area contributed by atoms with Crippen LogP contribution in [0.4, 0.5) is 5.13 Å². The number of nitrogens with zero attached hydrogens (tertiary/aromatic N) is 1. The number of hydrogen-bond acceptors (Lipinski definition) is 7. The number of rotatable bonds is 10. The van der Waals surface area contributed by atoms with E-state index in [2.05, 4.69) is 10.3 Å². The molecule has 7 nitrogen and oxygen atoms in total. The molecule has 0 aliphatic rings. The summed E-state index contributed by atoms with van der Waals surface area (Å²) < 4.78 is 29.1. The number of aromatic nitrogens is 1. The molecule has 1 N–H and O–H groups in total. The molecule has 2 rings (SSSR count). The Kier molecular flexibility index (Phi) is 8.25. The summed E-state index contributed by atoms with van der Waals surface area (Å²) in [5.74, 6) is 0.803. The van der Waals surface area contributed by atoms with Crippen LogP contribution in [0.25, 0.3) is 0 Å². The molecular formula is C20H29N2O5PS. The first-order valence-corrected chi connectivity index (χ1v) is 12.7. The van der Waals surface area contributed by atoms with Crippen LogP contribution in [0.3, 0.4) is 0 Å². The van der Waals surface area contributed by atoms with Crippen molar-refractivity contribution in [3.8, 4) is 11.5 Å². The van der Waals surface area contributed by atoms with Gasteiger partial charge < -0.3 is 14.0 Å². The van der Waals surface area contributed by atoms with Crippen LogP contribution in [-0.2, 0) is 15.3 Å². The molecule has 9 heteroatoms. The van der Waals surface area contributed by atoms with E-state index < -0.39 is 7.37 Å². The normalized spacial score (nSPS) is 13.4. The molecule has 1 amide bonds. The van der Waals surface area contributed by atoms with Crippen molar-refractivity contribution < 1.29 is 23.4 Å². The molecule has 0 aliphatic carbocycles. The van der Waals surface area contributed by atoms with E-state index in [0.29, 0.717) is 34.5 Å². The maximum atomic E-state index is 12.8. The minimum atomic E-state index is -2.74. The molecule has 0 bridgehead atoms. The van der Waals surface area contributed by atoms with Crippen molar-refractivity contribution in [1.29, 1.82) is 0 Å². The molecule has 1 aromatic heterocycles. The Morgan fingerprint density at radius 3 is 2.24 bits per heavy atom. The van der Waals surface area contributed by atoms with Gasteiger partial charge in [0.15, 0.2) is 5.13 Å². The molecule has 0 radical (unpaired) electrons. The van der Waals surface area contributed by atoms with Crippen molar-refractivity contribution in [3.05, 3.63) is 34.8 Å². The molecule has 0 saturated heterocycles. The van der Waals surface area contributed by atoms with Crippen molar-refractivity contribution in [2.75, 3.05) is 18.6 Å². The zero-order chi connectivity index (χ0) is 21.6. The quantitative estimate of drug-likeness (QED) is 0.497. The topological polar surface area (TPSA) is 86.8 Å². The fourth-order valence-electron chi connectivity index (χ4n) is 2.60. The number of thiazole rings is 1. The summed E-state index contributed by atoms with van der Waals surface area (Å²) in [4.78, 5) is 17.1. The predicted octanol–water partition coefficient (Wildman–Crippen LogP) is 5.41. The second-order valence-corrected chi connectivity index (χ2v) is 10.7. The van der Waals surface area contributed by atoms with E-state index in [1.165, 1.54) is 11.3 Å². The van der Waals surface area contributed by atoms with Crippen molar-refractivity contribution in [2.45, 2.75) is 53.0 Å². The van der Waals surface area contributed by atoms with E-state index in [0.717, 1.165) is 0 Å². The summed E-state index contributed by atoms with van der Waals surface area (Å²) in [5.41, 5.74) is 1.04. The highest BCUT2D eigenvalue weighted by atomic mass is 32.1. The zero-order valence-corrected chi connectivity index (χ0v) is 19.4. The highest BCUT2D eigenvalue weighted by molar-refractivity contribution is 7.57. The number of carbonyl (C=O) groups is 1. The lowest BCUT2D eigenvalue weighted by Gasteiger charge is -2.15. The van der Waals surface area contributed by atoms with Gasteiger partial charge in [0.1, 0.15) is 11.5 Å². The molecule has 0 saturated carbocycles. The lowest BCUT2D eigenvalue weighted by atomic mass is 10.2. The van der Waals surface area contributed by atoms with Crippen molar-refractivity contribution in [1.82, 2.24) is 4.98 Å². The predicted molar refractivity (Wildman–Crippen MR) is 117 cm³/mol. The van der Waals surface area contributed by atoms with E-state index in [-0.39, 0.29) is 24.3 Å². The van der Waals surface area contributed by atoms with Crippen LogP contribution in [0.15, 0.2) is 23.6 Å². The van der Waals surface area contributed by atoms with Gasteiger partial charge in [0.25, 0.3) is 5.91 Å². The van der Waals surface area contributed by atoms with Crippen molar-refractivity contribution >= 4 is 29.7 Å². The van der Waals surface area contributed by atoms with Gasteiger partial charge in [-0.15, -0.1) is 11.3 Å². The fourth-order valence-corrected chi connectivity index (χ4v) is 4.82. The molecule has 1 heterocycles. The summed E-state index contributed by atoms with van der Waals surface area (Å²) >= 11 is 1.28. The SMILES string of the molecule is CCOP(C)(=O)Cc1csc(NC(=O)c2cc(OC(C)C)cc(OC(C)C)c2)n1. The molecule has 29 heavy (non-hydrogen) atoms. The van der Waals surface area contributed by atoms with Crippen LogP contribution in [-0.4, -0.2) is 36.4 Å². The Bertz CT molecular complexity index is 853. The standard InChI is InChI=1S/C20H29N2O5PS/c1-7-25-28(6,24)11-16-12-29-20(21-16)22-19(23)15-8-17(26-13(2)3)10-18(9-15)27-14(4)5/h8-10,12-14H,7,11H2,1-6H3,(H,21,22,23). The molecule has 2 aromatic rings. The van der Waals surface area contributed by atoms with Crippen LogP contribution in [0.1, 0.15) is 50.7 Å². The van der Waals surface area contributed by atoms with Crippen molar-refractivity contribution in [2.24, 2.45) is 0 Å². The van der Waals surface area contributed by atoms with Gasteiger partial charge in [-0.25, -0.2) is 4.98 Å². The summed E-state index contributed by atoms with van der Waals surface area (Å²) in [7, 11) is -2.74. The van der Waals surface area contributed by atoms with Gasteiger partial charge >= 0.3 is 0 Å². The number of ether oxygens (including phenoxy) is 2. The molecular weight excluding hydrogens is 411 g/mol. The number of anilines is 1. The lowest BCUT2D eigenvalue weighted by molar-refractivity contribution is 0.102. The van der Waals surface area contributed by atoms with Crippen molar-refractivity contribution in [3.63, 3.8) is 0 Å². The maximum absolute atomic E-state index is 12.8. The Hall–Kier alpha value is -1.89. The molecule has 1 unspecified atom stereocenters. The molecule has 0 fully saturated rings. The Morgan fingerprint density at radius 2 is 1.72 bits per heavy atom. The highest BCUT2D eigenvalue weighted by Gasteiger charge is 2.19. The molecule has 1 atom stereocenters. The second-order valence-electron chi connectivity index (χ2n) is 7.21. The van der Waals surface area contributed by atoms with Crippen LogP contribution < -0.4 is 14.8 Å². The van der Waals surface area contributed by atoms with Crippen LogP contribution in [0.5, 0.6) is 11.5 Å². The Labute approximate surface area is 176 Å². The summed E-state index contributed by atoms with van der Waals surface area (Å²) in [6, 6.07) is 5.11. The number of benzene rings is 1. The average molecular weight is 441 g/mol. The van der Waals surface area contributed by atoms with Gasteiger partial charge in [0.05, 0.1) is 30.7 Å². The zero-order valence-electron chi connectivity index (χ0n) is 17.7. The largest absolute Gasteiger partial charge is 0.491 e. The Balaban J connectivity index is 2.16. The van der Waals surface area contributed by atoms with Crippen LogP contribution in [0, 0.1) is 0 Å². The third-order valence-electron chi connectivity index (χ3n) is 3.51. The van der Waals surface area contributed by atoms with E-state index in [1.807, 2.05) is 27.7 Å². The third-order valence-corrected chi connectivity index (χ3v) is 6.02. The maximum Gasteiger partial charge on any atom is 0.257 e. The smallest absolute Gasteiger partial charge is 0.257 e. The van der Waals surface area contributed by atoms with Gasteiger partial charge in [-0.3, -0.25) is 14.7 Å². The summed E-state index contributed by atoms with van der Waals surface area (Å²) in [6.07, 6.45) is 0.172. The first-order chi connectivity index (χ1) is 13.6. The van der Waals surface area contributed by atoms with E-state index in [9.17, 15) is 9.36 Å². The molecule has 1 aromatic carbocycles. The van der Waals surface area contributed by atoms with Gasteiger partial charge in [0, 0.05) is 23.7 Å². The van der Waals surface area contributed by atoms with Crippen LogP contribution in [0.2, 0.25) is 0 Å². The molecule has 0 aliphatic heterocycles. The first-order valence-electron chi connectivity index (χ1n) is 9.53. The lowest BCUT2D eigenvalue weighted by Crippen LogP contribution is -2.14. The van der Waals surface area contributed by atoms with E-state index in [4.69, 9.17) is 14.0 Å². The van der Waals surface area contributed by atoms with Crippen LogP contribution >= 0.6 is 18.7 Å². The summed E-state index contributed by atoms with van der Waals surface area (Å²) in [5, 5.41) is 4.99. The first kappa shape index (κ1) is 23.4. The second kappa shape index (κ2) is 10.2. The van der Waals surface area contributed by atoms with Gasteiger partial charge in [0.2, 0.25) is 7.37 Å². The average Bonchev–Trinajstić information content (AvgIpc) is 2.99.